The minimum atomic E-state index is -0.0781. The van der Waals surface area contributed by atoms with Crippen molar-refractivity contribution in [3.63, 3.8) is 0 Å². The number of hydrogen-bond donors (Lipinski definition) is 1. The molecule has 0 spiro atoms. The van der Waals surface area contributed by atoms with Crippen molar-refractivity contribution in [2.75, 3.05) is 19.0 Å². The zero-order chi connectivity index (χ0) is 16.2. The van der Waals surface area contributed by atoms with Crippen molar-refractivity contribution < 1.29 is 9.53 Å². The Morgan fingerprint density at radius 3 is 2.52 bits per heavy atom. The molecule has 120 valence electrons. The summed E-state index contributed by atoms with van der Waals surface area (Å²) in [5, 5.41) is 3.59. The second-order valence-electron chi connectivity index (χ2n) is 5.56. The van der Waals surface area contributed by atoms with Crippen LogP contribution in [0.2, 0.25) is 5.02 Å². The summed E-state index contributed by atoms with van der Waals surface area (Å²) in [6.45, 7) is 0.760. The Morgan fingerprint density at radius 1 is 1.17 bits per heavy atom. The topological polar surface area (TPSA) is 41.6 Å². The second-order valence-corrected chi connectivity index (χ2v) is 6.00. The lowest BCUT2D eigenvalue weighted by molar-refractivity contribution is 0.207. The van der Waals surface area contributed by atoms with Gasteiger partial charge in [-0.2, -0.15) is 0 Å². The fourth-order valence-corrected chi connectivity index (χ4v) is 3.04. The quantitative estimate of drug-likeness (QED) is 0.884. The first kappa shape index (κ1) is 15.7. The third-order valence-electron chi connectivity index (χ3n) is 4.11. The minimum absolute atomic E-state index is 0.0781. The smallest absolute Gasteiger partial charge is 0.322 e. The van der Waals surface area contributed by atoms with E-state index in [1.807, 2.05) is 29.2 Å². The maximum absolute atomic E-state index is 12.6. The monoisotopic (exact) mass is 330 g/mol. The summed E-state index contributed by atoms with van der Waals surface area (Å²) < 4.78 is 5.19. The highest BCUT2D eigenvalue weighted by Crippen LogP contribution is 2.33. The molecule has 0 aromatic heterocycles. The number of ether oxygens (including phenoxy) is 1. The third kappa shape index (κ3) is 3.59. The number of carbonyl (C=O) groups is 1. The molecule has 0 radical (unpaired) electrons. The van der Waals surface area contributed by atoms with Gasteiger partial charge in [0.1, 0.15) is 5.75 Å². The number of likely N-dealkylation sites (tertiary alicyclic amines) is 1. The van der Waals surface area contributed by atoms with Crippen LogP contribution in [0.15, 0.2) is 48.5 Å². The summed E-state index contributed by atoms with van der Waals surface area (Å²) >= 11 is 5.87. The van der Waals surface area contributed by atoms with E-state index in [2.05, 4.69) is 5.32 Å². The molecule has 0 aliphatic carbocycles. The third-order valence-corrected chi connectivity index (χ3v) is 4.36. The molecule has 0 saturated carbocycles. The van der Waals surface area contributed by atoms with Gasteiger partial charge in [-0.25, -0.2) is 4.79 Å². The van der Waals surface area contributed by atoms with Crippen LogP contribution in [-0.2, 0) is 0 Å². The fraction of sp³-hybridized carbons (Fsp3) is 0.278. The predicted octanol–water partition coefficient (Wildman–Crippen LogP) is 4.72. The molecule has 0 bridgehead atoms. The molecule has 23 heavy (non-hydrogen) atoms. The van der Waals surface area contributed by atoms with Gasteiger partial charge >= 0.3 is 6.03 Å². The van der Waals surface area contributed by atoms with E-state index >= 15 is 0 Å². The number of methoxy groups -OCH3 is 1. The maximum atomic E-state index is 12.6. The number of amides is 2. The normalized spacial score (nSPS) is 17.1. The van der Waals surface area contributed by atoms with Crippen LogP contribution in [-0.4, -0.2) is 24.6 Å². The molecular formula is C18H19ClN2O2. The number of nitrogens with zero attached hydrogens (tertiary/aromatic N) is 1. The molecule has 1 aliphatic heterocycles. The Balaban J connectivity index is 1.72. The molecule has 2 aromatic rings. The highest BCUT2D eigenvalue weighted by molar-refractivity contribution is 6.30. The highest BCUT2D eigenvalue weighted by Gasteiger charge is 2.29. The Labute approximate surface area is 141 Å². The van der Waals surface area contributed by atoms with Gasteiger partial charge in [0.25, 0.3) is 0 Å². The lowest BCUT2D eigenvalue weighted by Crippen LogP contribution is -2.34. The number of hydrogen-bond acceptors (Lipinski definition) is 2. The van der Waals surface area contributed by atoms with Gasteiger partial charge in [-0.05, 0) is 54.8 Å². The van der Waals surface area contributed by atoms with Crippen LogP contribution in [0.5, 0.6) is 5.75 Å². The number of urea groups is 1. The lowest BCUT2D eigenvalue weighted by atomic mass is 10.0. The van der Waals surface area contributed by atoms with Gasteiger partial charge in [-0.15, -0.1) is 0 Å². The minimum Gasteiger partial charge on any atom is -0.497 e. The molecule has 4 nitrogen and oxygen atoms in total. The van der Waals surface area contributed by atoms with Gasteiger partial charge in [0.15, 0.2) is 0 Å². The number of rotatable bonds is 3. The van der Waals surface area contributed by atoms with Gasteiger partial charge in [0, 0.05) is 17.3 Å². The van der Waals surface area contributed by atoms with Gasteiger partial charge in [0.05, 0.1) is 13.2 Å². The summed E-state index contributed by atoms with van der Waals surface area (Å²) in [6, 6.07) is 15.1. The van der Waals surface area contributed by atoms with Crippen molar-refractivity contribution >= 4 is 23.3 Å². The zero-order valence-electron chi connectivity index (χ0n) is 13.0. The molecule has 5 heteroatoms. The first-order valence-corrected chi connectivity index (χ1v) is 8.02. The van der Waals surface area contributed by atoms with Crippen LogP contribution in [0.4, 0.5) is 10.5 Å². The number of carbonyl (C=O) groups excluding carboxylic acids is 1. The van der Waals surface area contributed by atoms with Crippen molar-refractivity contribution in [1.82, 2.24) is 4.90 Å². The molecular weight excluding hydrogens is 312 g/mol. The van der Waals surface area contributed by atoms with E-state index in [1.54, 1.807) is 31.4 Å². The van der Waals surface area contributed by atoms with E-state index in [1.165, 1.54) is 0 Å². The van der Waals surface area contributed by atoms with Crippen molar-refractivity contribution in [3.05, 3.63) is 59.1 Å². The maximum Gasteiger partial charge on any atom is 0.322 e. The van der Waals surface area contributed by atoms with Crippen LogP contribution in [0.1, 0.15) is 24.4 Å². The van der Waals surface area contributed by atoms with Gasteiger partial charge in [0.2, 0.25) is 0 Å². The fourth-order valence-electron chi connectivity index (χ4n) is 2.91. The SMILES string of the molecule is COc1ccc([C@@H]2CCCN2C(=O)Nc2ccc(Cl)cc2)cc1. The van der Waals surface area contributed by atoms with E-state index in [9.17, 15) is 4.79 Å². The zero-order valence-corrected chi connectivity index (χ0v) is 13.7. The predicted molar refractivity (Wildman–Crippen MR) is 92.1 cm³/mol. The first-order valence-electron chi connectivity index (χ1n) is 7.64. The average Bonchev–Trinajstić information content (AvgIpc) is 3.07. The molecule has 1 atom stereocenters. The van der Waals surface area contributed by atoms with Crippen LogP contribution in [0.25, 0.3) is 0 Å². The van der Waals surface area contributed by atoms with Crippen molar-refractivity contribution in [2.24, 2.45) is 0 Å². The molecule has 2 amide bonds. The number of halogens is 1. The molecule has 1 saturated heterocycles. The van der Waals surface area contributed by atoms with Crippen LogP contribution < -0.4 is 10.1 Å². The Kier molecular flexibility index (Phi) is 4.72. The van der Waals surface area contributed by atoms with E-state index in [0.29, 0.717) is 5.02 Å². The number of benzene rings is 2. The molecule has 2 aromatic carbocycles. The average molecular weight is 331 g/mol. The lowest BCUT2D eigenvalue weighted by Gasteiger charge is -2.25. The molecule has 1 fully saturated rings. The summed E-state index contributed by atoms with van der Waals surface area (Å²) in [6.07, 6.45) is 1.98. The first-order chi connectivity index (χ1) is 11.2. The summed E-state index contributed by atoms with van der Waals surface area (Å²) in [7, 11) is 1.65. The van der Waals surface area contributed by atoms with Crippen molar-refractivity contribution in [3.8, 4) is 5.75 Å². The van der Waals surface area contributed by atoms with E-state index < -0.39 is 0 Å². The van der Waals surface area contributed by atoms with E-state index in [-0.39, 0.29) is 12.1 Å². The number of nitrogens with one attached hydrogen (secondary N) is 1. The summed E-state index contributed by atoms with van der Waals surface area (Å²) in [5.41, 5.74) is 1.88. The van der Waals surface area contributed by atoms with Gasteiger partial charge < -0.3 is 15.0 Å². The van der Waals surface area contributed by atoms with Crippen molar-refractivity contribution in [2.45, 2.75) is 18.9 Å². The summed E-state index contributed by atoms with van der Waals surface area (Å²) in [4.78, 5) is 14.4. The van der Waals surface area contributed by atoms with Gasteiger partial charge in [-0.1, -0.05) is 23.7 Å². The Bertz CT molecular complexity index is 670. The molecule has 0 unspecified atom stereocenters. The van der Waals surface area contributed by atoms with Gasteiger partial charge in [-0.3, -0.25) is 0 Å². The Morgan fingerprint density at radius 2 is 1.87 bits per heavy atom. The molecule has 3 rings (SSSR count). The highest BCUT2D eigenvalue weighted by atomic mass is 35.5. The second kappa shape index (κ2) is 6.92. The van der Waals surface area contributed by atoms with Crippen LogP contribution >= 0.6 is 11.6 Å². The molecule has 1 N–H and O–H groups in total. The van der Waals surface area contributed by atoms with E-state index in [0.717, 1.165) is 36.4 Å². The van der Waals surface area contributed by atoms with Crippen LogP contribution in [0, 0.1) is 0 Å². The standard InChI is InChI=1S/C18H19ClN2O2/c1-23-16-10-4-13(5-11-16)17-3-2-12-21(17)18(22)20-15-8-6-14(19)7-9-15/h4-11,17H,2-3,12H2,1H3,(H,20,22)/t17-/m0/s1. The van der Waals surface area contributed by atoms with Crippen LogP contribution in [0.3, 0.4) is 0 Å². The largest absolute Gasteiger partial charge is 0.497 e. The van der Waals surface area contributed by atoms with E-state index in [4.69, 9.17) is 16.3 Å². The van der Waals surface area contributed by atoms with Crippen molar-refractivity contribution in [1.29, 1.82) is 0 Å². The Hall–Kier alpha value is -2.20. The number of anilines is 1. The summed E-state index contributed by atoms with van der Waals surface area (Å²) in [5.74, 6) is 0.823. The molecule has 1 aliphatic rings. The molecule has 1 heterocycles.